The first-order valence-corrected chi connectivity index (χ1v) is 8.00. The molecule has 4 nitrogen and oxygen atoms in total. The summed E-state index contributed by atoms with van der Waals surface area (Å²) in [4.78, 5) is 19.3. The Morgan fingerprint density at radius 1 is 1.26 bits per heavy atom. The van der Waals surface area contributed by atoms with Gasteiger partial charge in [-0.1, -0.05) is 42.3 Å². The Labute approximate surface area is 143 Å². The van der Waals surface area contributed by atoms with Gasteiger partial charge in [-0.05, 0) is 36.2 Å². The molecule has 0 aliphatic carbocycles. The highest BCUT2D eigenvalue weighted by atomic mass is 35.5. The van der Waals surface area contributed by atoms with Crippen LogP contribution in [0.5, 0.6) is 0 Å². The summed E-state index contributed by atoms with van der Waals surface area (Å²) in [6.45, 7) is 1.93. The first-order valence-electron chi connectivity index (χ1n) is 7.24. The summed E-state index contributed by atoms with van der Waals surface area (Å²) in [6.07, 6.45) is 0.651. The fourth-order valence-corrected chi connectivity index (χ4v) is 3.26. The molecule has 0 aliphatic rings. The number of halogens is 2. The van der Waals surface area contributed by atoms with Gasteiger partial charge in [0.2, 0.25) is 5.91 Å². The molecule has 3 rings (SSSR count). The van der Waals surface area contributed by atoms with Crippen molar-refractivity contribution in [1.29, 1.82) is 0 Å². The lowest BCUT2D eigenvalue weighted by molar-refractivity contribution is -0.119. The molecule has 23 heavy (non-hydrogen) atoms. The Kier molecular flexibility index (Phi) is 4.28. The zero-order valence-corrected chi connectivity index (χ0v) is 13.9. The lowest BCUT2D eigenvalue weighted by Gasteiger charge is -2.10. The van der Waals surface area contributed by atoms with Gasteiger partial charge in [0.05, 0.1) is 32.6 Å². The number of imidazole rings is 1. The summed E-state index contributed by atoms with van der Waals surface area (Å²) in [5.74, 6) is -0.0457. The molecule has 0 fully saturated rings. The summed E-state index contributed by atoms with van der Waals surface area (Å²) < 4.78 is 0. The highest BCUT2D eigenvalue weighted by Crippen LogP contribution is 2.34. The topological polar surface area (TPSA) is 71.8 Å². The number of fused-ring (bicyclic) bond motifs is 1. The van der Waals surface area contributed by atoms with Crippen molar-refractivity contribution in [3.05, 3.63) is 52.0 Å². The summed E-state index contributed by atoms with van der Waals surface area (Å²) >= 11 is 12.5. The van der Waals surface area contributed by atoms with E-state index in [1.807, 2.05) is 25.1 Å². The third-order valence-corrected chi connectivity index (χ3v) is 4.49. The minimum Gasteiger partial charge on any atom is -0.369 e. The predicted octanol–water partition coefficient (Wildman–Crippen LogP) is 4.52. The van der Waals surface area contributed by atoms with E-state index in [4.69, 9.17) is 28.9 Å². The van der Waals surface area contributed by atoms with Gasteiger partial charge in [0.15, 0.2) is 0 Å². The maximum atomic E-state index is 11.5. The maximum absolute atomic E-state index is 11.5. The van der Waals surface area contributed by atoms with Crippen LogP contribution in [-0.4, -0.2) is 15.9 Å². The first-order chi connectivity index (χ1) is 11.0. The minimum absolute atomic E-state index is 0.310. The molecule has 6 heteroatoms. The molecule has 2 aromatic carbocycles. The number of rotatable bonds is 4. The van der Waals surface area contributed by atoms with Gasteiger partial charge < -0.3 is 10.7 Å². The van der Waals surface area contributed by atoms with Crippen LogP contribution >= 0.6 is 23.2 Å². The standard InChI is InChI=1S/C17H15Cl2N3O/c1-2-10(16(20)23)9-6-7-13-14(8-9)22-17(21-13)15-11(18)4-3-5-12(15)19/h3-8,10H,2H2,1H3,(H2,20,23)(H,21,22). The van der Waals surface area contributed by atoms with E-state index in [0.29, 0.717) is 27.9 Å². The van der Waals surface area contributed by atoms with Crippen molar-refractivity contribution in [2.45, 2.75) is 19.3 Å². The molecule has 0 spiro atoms. The van der Waals surface area contributed by atoms with Crippen LogP contribution in [0.25, 0.3) is 22.4 Å². The van der Waals surface area contributed by atoms with E-state index in [1.165, 1.54) is 0 Å². The minimum atomic E-state index is -0.333. The predicted molar refractivity (Wildman–Crippen MR) is 93.8 cm³/mol. The molecular weight excluding hydrogens is 333 g/mol. The Balaban J connectivity index is 2.11. The molecule has 1 unspecified atom stereocenters. The molecule has 1 amide bonds. The molecule has 1 heterocycles. The molecule has 1 atom stereocenters. The SMILES string of the molecule is CCC(C(N)=O)c1ccc2nc(-c3c(Cl)cccc3Cl)[nH]c2c1. The van der Waals surface area contributed by atoms with Crippen molar-refractivity contribution in [2.24, 2.45) is 5.73 Å². The number of H-pyrrole nitrogens is 1. The second kappa shape index (κ2) is 6.22. The number of hydrogen-bond donors (Lipinski definition) is 2. The zero-order chi connectivity index (χ0) is 16.6. The van der Waals surface area contributed by atoms with Crippen LogP contribution in [0.15, 0.2) is 36.4 Å². The fraction of sp³-hybridized carbons (Fsp3) is 0.176. The number of benzene rings is 2. The monoisotopic (exact) mass is 347 g/mol. The van der Waals surface area contributed by atoms with Crippen LogP contribution in [0.2, 0.25) is 10.0 Å². The largest absolute Gasteiger partial charge is 0.369 e. The molecule has 0 aliphatic heterocycles. The van der Waals surface area contributed by atoms with Crippen molar-refractivity contribution in [1.82, 2.24) is 9.97 Å². The Bertz CT molecular complexity index is 868. The number of aromatic nitrogens is 2. The lowest BCUT2D eigenvalue weighted by atomic mass is 9.95. The summed E-state index contributed by atoms with van der Waals surface area (Å²) in [6, 6.07) is 11.0. The van der Waals surface area contributed by atoms with Gasteiger partial charge in [-0.2, -0.15) is 0 Å². The van der Waals surface area contributed by atoms with Crippen molar-refractivity contribution >= 4 is 40.1 Å². The summed E-state index contributed by atoms with van der Waals surface area (Å²) in [7, 11) is 0. The van der Waals surface area contributed by atoms with E-state index in [-0.39, 0.29) is 11.8 Å². The van der Waals surface area contributed by atoms with Crippen molar-refractivity contribution < 1.29 is 4.79 Å². The van der Waals surface area contributed by atoms with E-state index in [9.17, 15) is 4.79 Å². The highest BCUT2D eigenvalue weighted by Gasteiger charge is 2.17. The van der Waals surface area contributed by atoms with Gasteiger partial charge in [0.1, 0.15) is 5.82 Å². The number of amides is 1. The number of nitrogens with zero attached hydrogens (tertiary/aromatic N) is 1. The molecule has 0 bridgehead atoms. The molecular formula is C17H15Cl2N3O. The molecule has 1 aromatic heterocycles. The zero-order valence-electron chi connectivity index (χ0n) is 12.4. The van der Waals surface area contributed by atoms with Gasteiger partial charge >= 0.3 is 0 Å². The summed E-state index contributed by atoms with van der Waals surface area (Å²) in [5.41, 5.74) is 8.58. The number of carbonyl (C=O) groups is 1. The van der Waals surface area contributed by atoms with Crippen molar-refractivity contribution in [3.63, 3.8) is 0 Å². The smallest absolute Gasteiger partial charge is 0.224 e. The normalized spacial score (nSPS) is 12.5. The molecule has 3 N–H and O–H groups in total. The van der Waals surface area contributed by atoms with Crippen LogP contribution in [0.3, 0.4) is 0 Å². The van der Waals surface area contributed by atoms with Crippen molar-refractivity contribution in [3.8, 4) is 11.4 Å². The van der Waals surface area contributed by atoms with E-state index in [0.717, 1.165) is 16.6 Å². The van der Waals surface area contributed by atoms with E-state index in [1.54, 1.807) is 18.2 Å². The molecule has 0 radical (unpaired) electrons. The Morgan fingerprint density at radius 3 is 2.57 bits per heavy atom. The molecule has 0 saturated heterocycles. The summed E-state index contributed by atoms with van der Waals surface area (Å²) in [5, 5.41) is 1.06. The number of carbonyl (C=O) groups excluding carboxylic acids is 1. The van der Waals surface area contributed by atoms with Crippen LogP contribution < -0.4 is 5.73 Å². The second-order valence-corrected chi connectivity index (χ2v) is 6.14. The average Bonchev–Trinajstić information content (AvgIpc) is 2.90. The molecule has 0 saturated carbocycles. The first kappa shape index (κ1) is 15.8. The number of hydrogen-bond acceptors (Lipinski definition) is 2. The third kappa shape index (κ3) is 2.92. The third-order valence-electron chi connectivity index (χ3n) is 3.86. The number of nitrogens with two attached hydrogens (primary N) is 1. The lowest BCUT2D eigenvalue weighted by Crippen LogP contribution is -2.20. The van der Waals surface area contributed by atoms with E-state index in [2.05, 4.69) is 9.97 Å². The second-order valence-electron chi connectivity index (χ2n) is 5.32. The fourth-order valence-electron chi connectivity index (χ4n) is 2.69. The van der Waals surface area contributed by atoms with Crippen LogP contribution in [0, 0.1) is 0 Å². The van der Waals surface area contributed by atoms with Crippen molar-refractivity contribution in [2.75, 3.05) is 0 Å². The van der Waals surface area contributed by atoms with E-state index < -0.39 is 0 Å². The Hall–Kier alpha value is -2.04. The number of aromatic amines is 1. The van der Waals surface area contributed by atoms with Gasteiger partial charge in [-0.3, -0.25) is 4.79 Å². The van der Waals surface area contributed by atoms with Gasteiger partial charge in [0.25, 0.3) is 0 Å². The molecule has 3 aromatic rings. The molecule has 118 valence electrons. The van der Waals surface area contributed by atoms with E-state index >= 15 is 0 Å². The highest BCUT2D eigenvalue weighted by molar-refractivity contribution is 6.39. The van der Waals surface area contributed by atoms with Crippen LogP contribution in [-0.2, 0) is 4.79 Å². The van der Waals surface area contributed by atoms with Crippen LogP contribution in [0.4, 0.5) is 0 Å². The average molecular weight is 348 g/mol. The van der Waals surface area contributed by atoms with Gasteiger partial charge in [-0.25, -0.2) is 4.98 Å². The Morgan fingerprint density at radius 2 is 1.96 bits per heavy atom. The maximum Gasteiger partial charge on any atom is 0.224 e. The van der Waals surface area contributed by atoms with Gasteiger partial charge in [0, 0.05) is 0 Å². The number of nitrogens with one attached hydrogen (secondary N) is 1. The number of primary amides is 1. The quantitative estimate of drug-likeness (QED) is 0.728. The van der Waals surface area contributed by atoms with Crippen LogP contribution in [0.1, 0.15) is 24.8 Å². The van der Waals surface area contributed by atoms with Gasteiger partial charge in [-0.15, -0.1) is 0 Å².